The van der Waals surface area contributed by atoms with Gasteiger partial charge in [-0.05, 0) is 32.6 Å². The van der Waals surface area contributed by atoms with Gasteiger partial charge in [0.2, 0.25) is 5.91 Å². The lowest BCUT2D eigenvalue weighted by Crippen LogP contribution is -2.58. The van der Waals surface area contributed by atoms with E-state index in [-0.39, 0.29) is 11.5 Å². The summed E-state index contributed by atoms with van der Waals surface area (Å²) in [4.78, 5) is 17.5. The van der Waals surface area contributed by atoms with Crippen LogP contribution in [0.1, 0.15) is 58.3 Å². The van der Waals surface area contributed by atoms with Gasteiger partial charge in [-0.2, -0.15) is 0 Å². The molecule has 2 N–H and O–H groups in total. The molecular formula is C17H31N3O. The zero-order valence-corrected chi connectivity index (χ0v) is 13.5. The van der Waals surface area contributed by atoms with Gasteiger partial charge >= 0.3 is 0 Å². The molecular weight excluding hydrogens is 262 g/mol. The normalized spacial score (nSPS) is 36.1. The third-order valence-corrected chi connectivity index (χ3v) is 6.02. The van der Waals surface area contributed by atoms with Gasteiger partial charge in [0.1, 0.15) is 0 Å². The van der Waals surface area contributed by atoms with E-state index in [0.717, 1.165) is 51.5 Å². The second-order valence-electron chi connectivity index (χ2n) is 7.60. The van der Waals surface area contributed by atoms with E-state index in [1.54, 1.807) is 0 Å². The Kier molecular flexibility index (Phi) is 4.55. The van der Waals surface area contributed by atoms with Crippen molar-refractivity contribution in [2.45, 2.75) is 69.9 Å². The lowest BCUT2D eigenvalue weighted by atomic mass is 9.74. The predicted molar refractivity (Wildman–Crippen MR) is 85.0 cm³/mol. The molecule has 1 saturated heterocycles. The molecule has 0 spiro atoms. The first-order chi connectivity index (χ1) is 10.1. The van der Waals surface area contributed by atoms with Crippen molar-refractivity contribution in [2.24, 2.45) is 11.7 Å². The first-order valence-corrected chi connectivity index (χ1v) is 8.90. The van der Waals surface area contributed by atoms with Crippen LogP contribution in [0.4, 0.5) is 0 Å². The first kappa shape index (κ1) is 15.3. The average molecular weight is 293 g/mol. The molecule has 2 saturated carbocycles. The lowest BCUT2D eigenvalue weighted by molar-refractivity contribution is -0.141. The molecule has 0 aromatic rings. The van der Waals surface area contributed by atoms with Gasteiger partial charge in [0.25, 0.3) is 0 Å². The molecule has 1 aliphatic heterocycles. The summed E-state index contributed by atoms with van der Waals surface area (Å²) in [5.41, 5.74) is 6.10. The van der Waals surface area contributed by atoms with E-state index in [2.05, 4.69) is 16.7 Å². The van der Waals surface area contributed by atoms with Crippen LogP contribution >= 0.6 is 0 Å². The highest BCUT2D eigenvalue weighted by molar-refractivity contribution is 5.80. The fraction of sp³-hybridized carbons (Fsp3) is 0.941. The summed E-state index contributed by atoms with van der Waals surface area (Å²) < 4.78 is 0. The summed E-state index contributed by atoms with van der Waals surface area (Å²) in [6, 6.07) is 0.789. The van der Waals surface area contributed by atoms with Crippen LogP contribution in [0.2, 0.25) is 0 Å². The quantitative estimate of drug-likeness (QED) is 0.847. The summed E-state index contributed by atoms with van der Waals surface area (Å²) >= 11 is 0. The number of nitrogens with zero attached hydrogens (tertiary/aromatic N) is 2. The molecule has 1 amide bonds. The van der Waals surface area contributed by atoms with Gasteiger partial charge in [0, 0.05) is 37.8 Å². The second-order valence-corrected chi connectivity index (χ2v) is 7.60. The van der Waals surface area contributed by atoms with Gasteiger partial charge in [-0.15, -0.1) is 0 Å². The Morgan fingerprint density at radius 3 is 2.24 bits per heavy atom. The Morgan fingerprint density at radius 1 is 1.00 bits per heavy atom. The maximum absolute atomic E-state index is 12.8. The van der Waals surface area contributed by atoms with Crippen molar-refractivity contribution in [3.05, 3.63) is 0 Å². The van der Waals surface area contributed by atoms with Crippen LogP contribution in [0, 0.1) is 5.92 Å². The Morgan fingerprint density at radius 2 is 1.62 bits per heavy atom. The highest BCUT2D eigenvalue weighted by Gasteiger charge is 2.40. The van der Waals surface area contributed by atoms with E-state index in [0.29, 0.717) is 5.91 Å². The van der Waals surface area contributed by atoms with Gasteiger partial charge in [0.15, 0.2) is 0 Å². The Hall–Kier alpha value is -0.610. The molecule has 4 heteroatoms. The van der Waals surface area contributed by atoms with E-state index in [1.165, 1.54) is 32.1 Å². The minimum Gasteiger partial charge on any atom is -0.340 e. The Balaban J connectivity index is 1.54. The van der Waals surface area contributed by atoms with Crippen molar-refractivity contribution in [1.82, 2.24) is 9.80 Å². The zero-order chi connectivity index (χ0) is 14.9. The molecule has 120 valence electrons. The highest BCUT2D eigenvalue weighted by Crippen LogP contribution is 2.33. The number of nitrogens with two attached hydrogens (primary N) is 1. The van der Waals surface area contributed by atoms with Gasteiger partial charge in [0.05, 0.1) is 5.92 Å². The molecule has 3 aliphatic rings. The Labute approximate surface area is 129 Å². The number of rotatable bonds is 2. The number of hydrogen-bond donors (Lipinski definition) is 1. The molecule has 0 aromatic carbocycles. The number of carbonyl (C=O) groups excluding carboxylic acids is 1. The molecule has 21 heavy (non-hydrogen) atoms. The molecule has 3 rings (SSSR count). The van der Waals surface area contributed by atoms with Gasteiger partial charge in [-0.25, -0.2) is 0 Å². The fourth-order valence-electron chi connectivity index (χ4n) is 4.56. The second kappa shape index (κ2) is 6.25. The van der Waals surface area contributed by atoms with Crippen molar-refractivity contribution in [3.8, 4) is 0 Å². The van der Waals surface area contributed by atoms with Gasteiger partial charge in [-0.1, -0.05) is 25.7 Å². The molecule has 0 bridgehead atoms. The molecule has 2 aliphatic carbocycles. The zero-order valence-electron chi connectivity index (χ0n) is 13.5. The first-order valence-electron chi connectivity index (χ1n) is 8.90. The molecule has 3 fully saturated rings. The van der Waals surface area contributed by atoms with Crippen LogP contribution in [0.15, 0.2) is 0 Å². The SMILES string of the molecule is CC1(N)CCCCC1C(=O)N1CCN(C2CCCC2)CC1. The van der Waals surface area contributed by atoms with Gasteiger partial charge in [-0.3, -0.25) is 9.69 Å². The van der Waals surface area contributed by atoms with Crippen molar-refractivity contribution < 1.29 is 4.79 Å². The van der Waals surface area contributed by atoms with Crippen LogP contribution in [0.5, 0.6) is 0 Å². The number of amides is 1. The topological polar surface area (TPSA) is 49.6 Å². The smallest absolute Gasteiger partial charge is 0.227 e. The molecule has 4 nitrogen and oxygen atoms in total. The van der Waals surface area contributed by atoms with Crippen molar-refractivity contribution in [2.75, 3.05) is 26.2 Å². The van der Waals surface area contributed by atoms with Gasteiger partial charge < -0.3 is 10.6 Å². The summed E-state index contributed by atoms with van der Waals surface area (Å²) in [7, 11) is 0. The third-order valence-electron chi connectivity index (χ3n) is 6.02. The van der Waals surface area contributed by atoms with Crippen LogP contribution in [-0.2, 0) is 4.79 Å². The van der Waals surface area contributed by atoms with E-state index in [1.807, 2.05) is 0 Å². The minimum atomic E-state index is -0.294. The molecule has 2 unspecified atom stereocenters. The number of hydrogen-bond acceptors (Lipinski definition) is 3. The standard InChI is InChI=1S/C17H31N3O/c1-17(18)9-5-4-8-15(17)16(21)20-12-10-19(11-13-20)14-6-2-3-7-14/h14-15H,2-13,18H2,1H3. The van der Waals surface area contributed by atoms with Crippen LogP contribution < -0.4 is 5.73 Å². The van der Waals surface area contributed by atoms with Crippen molar-refractivity contribution in [3.63, 3.8) is 0 Å². The minimum absolute atomic E-state index is 0.0456. The third kappa shape index (κ3) is 3.26. The maximum atomic E-state index is 12.8. The van der Waals surface area contributed by atoms with Crippen LogP contribution in [0.3, 0.4) is 0 Å². The molecule has 2 atom stereocenters. The lowest BCUT2D eigenvalue weighted by Gasteiger charge is -2.43. The summed E-state index contributed by atoms with van der Waals surface area (Å²) in [5, 5.41) is 0. The van der Waals surface area contributed by atoms with Crippen LogP contribution in [0.25, 0.3) is 0 Å². The van der Waals surface area contributed by atoms with Crippen molar-refractivity contribution in [1.29, 1.82) is 0 Å². The largest absolute Gasteiger partial charge is 0.340 e. The van der Waals surface area contributed by atoms with E-state index in [4.69, 9.17) is 5.73 Å². The number of piperazine rings is 1. The number of carbonyl (C=O) groups is 1. The molecule has 1 heterocycles. The monoisotopic (exact) mass is 293 g/mol. The average Bonchev–Trinajstić information content (AvgIpc) is 3.00. The van der Waals surface area contributed by atoms with E-state index < -0.39 is 0 Å². The highest BCUT2D eigenvalue weighted by atomic mass is 16.2. The predicted octanol–water partition coefficient (Wildman–Crippen LogP) is 1.98. The summed E-state index contributed by atoms with van der Waals surface area (Å²) in [5.74, 6) is 0.370. The summed E-state index contributed by atoms with van der Waals surface area (Å²) in [6.07, 6.45) is 9.79. The van der Waals surface area contributed by atoms with E-state index in [9.17, 15) is 4.79 Å². The van der Waals surface area contributed by atoms with Crippen molar-refractivity contribution >= 4 is 5.91 Å². The maximum Gasteiger partial charge on any atom is 0.227 e. The van der Waals surface area contributed by atoms with Crippen LogP contribution in [-0.4, -0.2) is 53.5 Å². The molecule has 0 radical (unpaired) electrons. The Bertz CT molecular complexity index is 368. The molecule has 0 aromatic heterocycles. The summed E-state index contributed by atoms with van der Waals surface area (Å²) in [6.45, 7) is 6.00. The van der Waals surface area contributed by atoms with E-state index >= 15 is 0 Å². The fourth-order valence-corrected chi connectivity index (χ4v) is 4.56.